The highest BCUT2D eigenvalue weighted by molar-refractivity contribution is 5.76. The maximum Gasteiger partial charge on any atom is 0.309 e. The van der Waals surface area contributed by atoms with Crippen molar-refractivity contribution in [1.82, 2.24) is 0 Å². The molecule has 0 radical (unpaired) electrons. The number of rotatable bonds is 0. The van der Waals surface area contributed by atoms with E-state index >= 15 is 0 Å². The van der Waals surface area contributed by atoms with Crippen LogP contribution in [0.1, 0.15) is 46.5 Å². The Morgan fingerprint density at radius 3 is 2.72 bits per heavy atom. The molecule has 3 heteroatoms. The number of carbonyl (C=O) groups excluding carboxylic acids is 1. The van der Waals surface area contributed by atoms with Crippen LogP contribution in [-0.4, -0.2) is 23.3 Å². The van der Waals surface area contributed by atoms with E-state index in [0.717, 1.165) is 19.3 Å². The van der Waals surface area contributed by atoms with Gasteiger partial charge in [0.15, 0.2) is 0 Å². The van der Waals surface area contributed by atoms with E-state index in [-0.39, 0.29) is 29.2 Å². The van der Waals surface area contributed by atoms with Gasteiger partial charge in [0, 0.05) is 11.8 Å². The van der Waals surface area contributed by atoms with Crippen LogP contribution in [0.25, 0.3) is 0 Å². The second kappa shape index (κ2) is 3.12. The highest BCUT2D eigenvalue weighted by atomic mass is 16.7. The summed E-state index contributed by atoms with van der Waals surface area (Å²) in [4.78, 5) is 12.1. The van der Waals surface area contributed by atoms with Crippen LogP contribution < -0.4 is 0 Å². The average Bonchev–Trinajstić information content (AvgIpc) is 2.95. The molecule has 4 rings (SSSR count). The van der Waals surface area contributed by atoms with Crippen LogP contribution >= 0.6 is 0 Å². The first-order valence-electron chi connectivity index (χ1n) is 7.40. The predicted molar refractivity (Wildman–Crippen MR) is 65.9 cm³/mol. The third kappa shape index (κ3) is 1.08. The molecule has 1 spiro atoms. The van der Waals surface area contributed by atoms with Crippen molar-refractivity contribution in [3.05, 3.63) is 0 Å². The molecular formula is C15H22O3. The third-order valence-corrected chi connectivity index (χ3v) is 6.28. The van der Waals surface area contributed by atoms with Crippen molar-refractivity contribution in [3.8, 4) is 0 Å². The molecule has 4 fully saturated rings. The monoisotopic (exact) mass is 250 g/mol. The smallest absolute Gasteiger partial charge is 0.309 e. The molecule has 2 heterocycles. The molecule has 2 aliphatic carbocycles. The Balaban J connectivity index is 1.81. The van der Waals surface area contributed by atoms with Gasteiger partial charge in [-0.15, -0.1) is 0 Å². The summed E-state index contributed by atoms with van der Waals surface area (Å²) in [6, 6.07) is 0. The minimum absolute atomic E-state index is 0.00382. The number of hydrogen-bond donors (Lipinski definition) is 0. The van der Waals surface area contributed by atoms with E-state index < -0.39 is 0 Å². The Bertz CT molecular complexity index is 420. The minimum Gasteiger partial charge on any atom is -0.455 e. The van der Waals surface area contributed by atoms with E-state index in [1.165, 1.54) is 6.42 Å². The van der Waals surface area contributed by atoms with Crippen LogP contribution in [-0.2, 0) is 14.3 Å². The lowest BCUT2D eigenvalue weighted by Gasteiger charge is -2.49. The number of hydrogen-bond acceptors (Lipinski definition) is 3. The number of epoxide rings is 1. The standard InChI is InChI=1S/C15H22O3/c1-8-4-5-11-9(2)12(16)17-15(11)10(8)6-7-14(3)13(15)18-14/h8-11,13H,4-7H2,1-3H3/t8-,9-,10+,11+,13-,14-,15?/m1/s1. The molecule has 4 aliphatic rings. The maximum atomic E-state index is 12.1. The second-order valence-electron chi connectivity index (χ2n) is 7.18. The van der Waals surface area contributed by atoms with Gasteiger partial charge in [-0.25, -0.2) is 0 Å². The molecular weight excluding hydrogens is 228 g/mol. The zero-order valence-electron chi connectivity index (χ0n) is 11.4. The maximum absolute atomic E-state index is 12.1. The summed E-state index contributed by atoms with van der Waals surface area (Å²) in [5.41, 5.74) is -0.280. The quantitative estimate of drug-likeness (QED) is 0.490. The Morgan fingerprint density at radius 1 is 1.17 bits per heavy atom. The highest BCUT2D eigenvalue weighted by Gasteiger charge is 2.76. The van der Waals surface area contributed by atoms with E-state index in [4.69, 9.17) is 9.47 Å². The van der Waals surface area contributed by atoms with Gasteiger partial charge < -0.3 is 9.47 Å². The van der Waals surface area contributed by atoms with Crippen LogP contribution in [0.2, 0.25) is 0 Å². The molecule has 0 bridgehead atoms. The fraction of sp³-hybridized carbons (Fsp3) is 0.933. The van der Waals surface area contributed by atoms with Crippen molar-refractivity contribution in [2.45, 2.75) is 63.8 Å². The first kappa shape index (κ1) is 11.3. The van der Waals surface area contributed by atoms with Crippen LogP contribution in [0.4, 0.5) is 0 Å². The normalized spacial score (nSPS) is 61.5. The number of fused-ring (bicyclic) bond motifs is 1. The first-order chi connectivity index (χ1) is 8.49. The average molecular weight is 250 g/mol. The van der Waals surface area contributed by atoms with Gasteiger partial charge in [0.05, 0.1) is 11.5 Å². The minimum atomic E-state index is -0.277. The van der Waals surface area contributed by atoms with Gasteiger partial charge in [-0.1, -0.05) is 13.8 Å². The summed E-state index contributed by atoms with van der Waals surface area (Å²) in [6.07, 6.45) is 4.82. The van der Waals surface area contributed by atoms with Crippen molar-refractivity contribution in [1.29, 1.82) is 0 Å². The van der Waals surface area contributed by atoms with Crippen LogP contribution in [0.3, 0.4) is 0 Å². The molecule has 100 valence electrons. The van der Waals surface area contributed by atoms with Gasteiger partial charge in [-0.05, 0) is 38.5 Å². The number of ether oxygens (including phenoxy) is 2. The molecule has 0 aromatic rings. The molecule has 0 amide bonds. The molecule has 2 saturated heterocycles. The van der Waals surface area contributed by atoms with Crippen molar-refractivity contribution < 1.29 is 14.3 Å². The molecule has 2 saturated carbocycles. The fourth-order valence-electron chi connectivity index (χ4n) is 5.20. The lowest BCUT2D eigenvalue weighted by molar-refractivity contribution is -0.168. The Hall–Kier alpha value is -0.570. The topological polar surface area (TPSA) is 38.8 Å². The van der Waals surface area contributed by atoms with E-state index in [1.54, 1.807) is 0 Å². The molecule has 3 nitrogen and oxygen atoms in total. The van der Waals surface area contributed by atoms with E-state index in [0.29, 0.717) is 17.8 Å². The Labute approximate surface area is 108 Å². The zero-order chi connectivity index (χ0) is 12.7. The summed E-state index contributed by atoms with van der Waals surface area (Å²) in [5.74, 6) is 1.64. The van der Waals surface area contributed by atoms with Gasteiger partial charge in [0.2, 0.25) is 0 Å². The summed E-state index contributed by atoms with van der Waals surface area (Å²) < 4.78 is 12.0. The summed E-state index contributed by atoms with van der Waals surface area (Å²) in [7, 11) is 0. The third-order valence-electron chi connectivity index (χ3n) is 6.28. The van der Waals surface area contributed by atoms with Crippen molar-refractivity contribution in [2.75, 3.05) is 0 Å². The number of carbonyl (C=O) groups is 1. The van der Waals surface area contributed by atoms with E-state index in [1.807, 2.05) is 6.92 Å². The predicted octanol–water partition coefficient (Wildman–Crippen LogP) is 2.53. The van der Waals surface area contributed by atoms with Gasteiger partial charge in [0.1, 0.15) is 11.7 Å². The molecule has 0 aromatic carbocycles. The largest absolute Gasteiger partial charge is 0.455 e. The van der Waals surface area contributed by atoms with E-state index in [2.05, 4.69) is 13.8 Å². The molecule has 0 N–H and O–H groups in total. The van der Waals surface area contributed by atoms with Gasteiger partial charge in [-0.3, -0.25) is 4.79 Å². The molecule has 18 heavy (non-hydrogen) atoms. The zero-order valence-corrected chi connectivity index (χ0v) is 11.4. The molecule has 1 unspecified atom stereocenters. The summed E-state index contributed by atoms with van der Waals surface area (Å²) in [5, 5.41) is 0. The van der Waals surface area contributed by atoms with Crippen molar-refractivity contribution >= 4 is 5.97 Å². The van der Waals surface area contributed by atoms with Crippen molar-refractivity contribution in [2.24, 2.45) is 23.7 Å². The van der Waals surface area contributed by atoms with Crippen LogP contribution in [0, 0.1) is 23.7 Å². The lowest BCUT2D eigenvalue weighted by Crippen LogP contribution is -2.58. The van der Waals surface area contributed by atoms with Gasteiger partial charge >= 0.3 is 5.97 Å². The SMILES string of the molecule is C[C@@H]1CC[C@H]2[C@@H](C)C(=O)OC23[C@H]1CC[C@@]1(C)O[C@@H]31. The van der Waals surface area contributed by atoms with Crippen molar-refractivity contribution in [3.63, 3.8) is 0 Å². The Kier molecular flexibility index (Phi) is 1.95. The molecule has 0 aromatic heterocycles. The first-order valence-corrected chi connectivity index (χ1v) is 7.40. The van der Waals surface area contributed by atoms with E-state index in [9.17, 15) is 4.79 Å². The number of esters is 1. The lowest BCUT2D eigenvalue weighted by atomic mass is 9.55. The van der Waals surface area contributed by atoms with Crippen LogP contribution in [0.15, 0.2) is 0 Å². The van der Waals surface area contributed by atoms with Gasteiger partial charge in [-0.2, -0.15) is 0 Å². The molecule has 2 aliphatic heterocycles. The highest BCUT2D eigenvalue weighted by Crippen LogP contribution is 2.66. The van der Waals surface area contributed by atoms with Crippen LogP contribution in [0.5, 0.6) is 0 Å². The summed E-state index contributed by atoms with van der Waals surface area (Å²) >= 11 is 0. The van der Waals surface area contributed by atoms with Gasteiger partial charge in [0.25, 0.3) is 0 Å². The molecule has 7 atom stereocenters. The second-order valence-corrected chi connectivity index (χ2v) is 7.18. The Morgan fingerprint density at radius 2 is 1.94 bits per heavy atom. The fourth-order valence-corrected chi connectivity index (χ4v) is 5.20. The summed E-state index contributed by atoms with van der Waals surface area (Å²) in [6.45, 7) is 6.56.